The zero-order chi connectivity index (χ0) is 7.15. The molecule has 17 N–H and O–H groups in total. The summed E-state index contributed by atoms with van der Waals surface area (Å²) in [7, 11) is -2.17. The monoisotopic (exact) mass is 340 g/mol. The molecule has 0 heterocycles. The van der Waals surface area contributed by atoms with E-state index in [9.17, 15) is 0 Å². The molecule has 0 aromatic rings. The molecular weight excluding hydrogens is 322 g/mol. The fourth-order valence-electron chi connectivity index (χ4n) is 0. The van der Waals surface area contributed by atoms with E-state index in [2.05, 4.69) is 0 Å². The predicted octanol–water partition coefficient (Wildman–Crippen LogP) is -8.61. The van der Waals surface area contributed by atoms with E-state index >= 15 is 0 Å². The van der Waals surface area contributed by atoms with Crippen LogP contribution in [0.1, 0.15) is 0 Å². The topological polar surface area (TPSA) is 307 Å². The van der Waals surface area contributed by atoms with Crippen molar-refractivity contribution in [2.45, 2.75) is 0 Å². The van der Waals surface area contributed by atoms with Crippen molar-refractivity contribution < 1.29 is 57.9 Å². The van der Waals surface area contributed by atoms with Crippen molar-refractivity contribution in [1.29, 1.82) is 0 Å². The van der Waals surface area contributed by atoms with Crippen LogP contribution in [0, 0.1) is 0 Å². The van der Waals surface area contributed by atoms with Crippen LogP contribution in [0.5, 0.6) is 0 Å². The van der Waals surface area contributed by atoms with E-state index in [0.717, 1.165) is 0 Å². The molecule has 0 aromatic heterocycles. The number of hydrogen-bond acceptors (Lipinski definition) is 4. The Kier molecular flexibility index (Phi) is 234. The first-order valence-electron chi connectivity index (χ1n) is 1.43. The van der Waals surface area contributed by atoms with E-state index in [-0.39, 0.29) is 32.9 Å². The molecule has 0 spiro atoms. The fourth-order valence-corrected chi connectivity index (χ4v) is 0. The average molecular weight is 339 g/mol. The molecule has 0 aliphatic carbocycles. The van der Waals surface area contributed by atoms with Gasteiger partial charge < -0.3 is 47.9 Å². The quantitative estimate of drug-likeness (QED) is 0.266. The summed E-state index contributed by atoms with van der Waals surface area (Å²) in [5.74, 6) is 0. The van der Waals surface area contributed by atoms with Crippen molar-refractivity contribution >= 4 is 27.9 Å². The van der Waals surface area contributed by atoms with Crippen LogP contribution in [0.3, 0.4) is 0 Å². The SMILES string of the molecule is O.O.O.O.O.O.OB(O)O.[O]=[Sn]([OH])[OH]. The molecule has 14 heteroatoms. The number of rotatable bonds is 0. The van der Waals surface area contributed by atoms with E-state index in [1.54, 1.807) is 0 Å². The Labute approximate surface area is 86.3 Å². The molecule has 0 saturated heterocycles. The Bertz CT molecular complexity index is 54.6. The van der Waals surface area contributed by atoms with Crippen LogP contribution < -0.4 is 0 Å². The molecule has 0 aliphatic rings. The minimum atomic E-state index is -3.79. The van der Waals surface area contributed by atoms with Gasteiger partial charge in [0.1, 0.15) is 0 Å². The van der Waals surface area contributed by atoms with Gasteiger partial charge in [-0.05, 0) is 0 Å². The Morgan fingerprint density at radius 1 is 0.714 bits per heavy atom. The molecule has 0 fully saturated rings. The van der Waals surface area contributed by atoms with Gasteiger partial charge >= 0.3 is 37.9 Å². The molecule has 14 heavy (non-hydrogen) atoms. The molecule has 12 nitrogen and oxygen atoms in total. The first kappa shape index (κ1) is 64.2. The average Bonchev–Trinajstić information content (AvgIpc) is 1.25. The van der Waals surface area contributed by atoms with Crippen LogP contribution in [0.2, 0.25) is 0 Å². The van der Waals surface area contributed by atoms with Crippen LogP contribution in [0.4, 0.5) is 0 Å². The van der Waals surface area contributed by atoms with Gasteiger partial charge in [-0.15, -0.1) is 0 Å². The third-order valence-corrected chi connectivity index (χ3v) is 0. The van der Waals surface area contributed by atoms with Crippen molar-refractivity contribution in [1.82, 2.24) is 0 Å². The van der Waals surface area contributed by atoms with E-state index in [4.69, 9.17) is 25.0 Å². The van der Waals surface area contributed by atoms with Crippen molar-refractivity contribution in [2.24, 2.45) is 0 Å². The molecule has 0 amide bonds. The standard InChI is InChI=1S/BH3O3.8H2O.O.Sn/c2-1(3)4;;;;;;;;;;/h2-4H;8*1H2;;/q;;;;;;;;;;+2/p-2. The minimum absolute atomic E-state index is 0. The summed E-state index contributed by atoms with van der Waals surface area (Å²) >= 11 is -3.79. The summed E-state index contributed by atoms with van der Waals surface area (Å²) in [5, 5.41) is 21.5. The zero-order valence-electron chi connectivity index (χ0n) is 6.72. The second-order valence-corrected chi connectivity index (χ2v) is 2.24. The van der Waals surface area contributed by atoms with Gasteiger partial charge in [0.25, 0.3) is 0 Å². The summed E-state index contributed by atoms with van der Waals surface area (Å²) in [4.78, 5) is 0. The second kappa shape index (κ2) is 51.0. The van der Waals surface area contributed by atoms with Gasteiger partial charge in [0, 0.05) is 0 Å². The van der Waals surface area contributed by atoms with Crippen LogP contribution >= 0.6 is 0 Å². The third-order valence-electron chi connectivity index (χ3n) is 0. The number of hydrogen-bond donors (Lipinski definition) is 5. The maximum atomic E-state index is 8.84. The van der Waals surface area contributed by atoms with Crippen LogP contribution in [-0.2, 0) is 3.08 Å². The normalized spacial score (nSPS) is 3.79. The third kappa shape index (κ3) is 30800. The first-order chi connectivity index (χ1) is 3.46. The summed E-state index contributed by atoms with van der Waals surface area (Å²) in [6, 6.07) is 0. The second-order valence-electron chi connectivity index (χ2n) is 0.629. The molecule has 0 atom stereocenters. The Morgan fingerprint density at radius 2 is 0.714 bits per heavy atom. The van der Waals surface area contributed by atoms with Gasteiger partial charge in [0.05, 0.1) is 0 Å². The van der Waals surface area contributed by atoms with Gasteiger partial charge in [-0.25, -0.2) is 0 Å². The molecule has 0 saturated carbocycles. The molecule has 96 valence electrons. The van der Waals surface area contributed by atoms with Crippen LogP contribution in [0.15, 0.2) is 0 Å². The van der Waals surface area contributed by atoms with Crippen molar-refractivity contribution in [2.75, 3.05) is 0 Å². The molecule has 0 radical (unpaired) electrons. The van der Waals surface area contributed by atoms with Gasteiger partial charge in [-0.1, -0.05) is 0 Å². The van der Waals surface area contributed by atoms with Crippen molar-refractivity contribution in [3.8, 4) is 0 Å². The molecular formula is H17BO12Sn. The molecule has 0 rings (SSSR count). The summed E-state index contributed by atoms with van der Waals surface area (Å²) in [6.07, 6.45) is 0. The van der Waals surface area contributed by atoms with Gasteiger partial charge in [-0.2, -0.15) is 0 Å². The predicted molar refractivity (Wildman–Crippen MR) is 45.0 cm³/mol. The Balaban J connectivity index is -0.00000000600. The Hall–Kier alpha value is 0.224. The maximum absolute atomic E-state index is 8.84. The van der Waals surface area contributed by atoms with Crippen molar-refractivity contribution in [3.05, 3.63) is 0 Å². The van der Waals surface area contributed by atoms with Crippen LogP contribution in [0.25, 0.3) is 0 Å². The molecule has 0 aliphatic heterocycles. The van der Waals surface area contributed by atoms with Gasteiger partial charge in [0.2, 0.25) is 0 Å². The molecule has 0 bridgehead atoms. The van der Waals surface area contributed by atoms with E-state index in [1.165, 1.54) is 0 Å². The first-order valence-corrected chi connectivity index (χ1v) is 5.14. The molecule has 0 unspecified atom stereocenters. The van der Waals surface area contributed by atoms with Gasteiger partial charge in [0.15, 0.2) is 0 Å². The van der Waals surface area contributed by atoms with E-state index in [1.807, 2.05) is 0 Å². The fraction of sp³-hybridized carbons (Fsp3) is 0. The van der Waals surface area contributed by atoms with Crippen LogP contribution in [-0.4, -0.2) is 82.7 Å². The van der Waals surface area contributed by atoms with E-state index < -0.39 is 27.9 Å². The molecule has 0 aromatic carbocycles. The van der Waals surface area contributed by atoms with Gasteiger partial charge in [-0.3, -0.25) is 0 Å². The summed E-state index contributed by atoms with van der Waals surface area (Å²) in [5.41, 5.74) is 0. The van der Waals surface area contributed by atoms with Crippen molar-refractivity contribution in [3.63, 3.8) is 0 Å². The Morgan fingerprint density at radius 3 is 0.714 bits per heavy atom. The zero-order valence-corrected chi connectivity index (χ0v) is 9.58. The van der Waals surface area contributed by atoms with E-state index in [0.29, 0.717) is 0 Å². The summed E-state index contributed by atoms with van der Waals surface area (Å²) in [6.45, 7) is 0. The summed E-state index contributed by atoms with van der Waals surface area (Å²) < 4.78 is 23.3.